The number of aliphatic hydroxyl groups excluding tert-OH is 1. The van der Waals surface area contributed by atoms with Crippen LogP contribution in [0.1, 0.15) is 31.2 Å². The van der Waals surface area contributed by atoms with Crippen molar-refractivity contribution in [3.8, 4) is 0 Å². The number of benzene rings is 1. The summed E-state index contributed by atoms with van der Waals surface area (Å²) < 4.78 is 14.4. The van der Waals surface area contributed by atoms with Crippen molar-refractivity contribution in [1.82, 2.24) is 0 Å². The molecule has 0 saturated heterocycles. The molecule has 0 heterocycles. The summed E-state index contributed by atoms with van der Waals surface area (Å²) in [5.74, 6) is 0.0542. The molecule has 3 heteroatoms. The summed E-state index contributed by atoms with van der Waals surface area (Å²) in [5.41, 5.74) is 0.709. The van der Waals surface area contributed by atoms with Crippen LogP contribution in [-0.4, -0.2) is 11.2 Å². The van der Waals surface area contributed by atoms with Gasteiger partial charge < -0.3 is 5.11 Å². The minimum absolute atomic E-state index is 0.166. The summed E-state index contributed by atoms with van der Waals surface area (Å²) in [6, 6.07) is 5.00. The Bertz CT molecular complexity index is 367. The molecule has 2 rings (SSSR count). The van der Waals surface area contributed by atoms with Crippen LogP contribution >= 0.6 is 15.9 Å². The molecule has 2 unspecified atom stereocenters. The van der Waals surface area contributed by atoms with Crippen LogP contribution in [0.3, 0.4) is 0 Å². The fraction of sp³-hybridized carbons (Fsp3) is 0.538. The average molecular weight is 287 g/mol. The van der Waals surface area contributed by atoms with Crippen LogP contribution in [0, 0.1) is 11.7 Å². The number of rotatable bonds is 2. The highest BCUT2D eigenvalue weighted by Gasteiger charge is 2.24. The second-order valence-electron chi connectivity index (χ2n) is 4.55. The number of aliphatic hydroxyl groups is 1. The Morgan fingerprint density at radius 2 is 2.06 bits per heavy atom. The van der Waals surface area contributed by atoms with Crippen molar-refractivity contribution in [2.75, 3.05) is 0 Å². The van der Waals surface area contributed by atoms with Gasteiger partial charge in [0.2, 0.25) is 0 Å². The number of halogens is 2. The van der Waals surface area contributed by atoms with Gasteiger partial charge in [-0.2, -0.15) is 0 Å². The van der Waals surface area contributed by atoms with Gasteiger partial charge in [0.05, 0.1) is 6.10 Å². The molecule has 1 N–H and O–H groups in total. The molecule has 88 valence electrons. The first-order chi connectivity index (χ1) is 7.66. The molecule has 0 bridgehead atoms. The van der Waals surface area contributed by atoms with Gasteiger partial charge in [0, 0.05) is 4.47 Å². The van der Waals surface area contributed by atoms with E-state index in [-0.39, 0.29) is 17.8 Å². The zero-order valence-electron chi connectivity index (χ0n) is 9.13. The van der Waals surface area contributed by atoms with Gasteiger partial charge in [-0.05, 0) is 48.9 Å². The zero-order chi connectivity index (χ0) is 11.5. The quantitative estimate of drug-likeness (QED) is 0.879. The summed E-state index contributed by atoms with van der Waals surface area (Å²) in [7, 11) is 0. The lowest BCUT2D eigenvalue weighted by atomic mass is 9.82. The standard InChI is InChI=1S/C13H16BrFO/c14-11-5-6-12(15)10(8-11)7-9-3-1-2-4-13(9)16/h5-6,8-9,13,16H,1-4,7H2. The van der Waals surface area contributed by atoms with Crippen LogP contribution in [0.4, 0.5) is 4.39 Å². The van der Waals surface area contributed by atoms with Crippen LogP contribution in [-0.2, 0) is 6.42 Å². The molecule has 1 nitrogen and oxygen atoms in total. The van der Waals surface area contributed by atoms with E-state index in [9.17, 15) is 9.50 Å². The van der Waals surface area contributed by atoms with E-state index in [4.69, 9.17) is 0 Å². The number of hydrogen-bond acceptors (Lipinski definition) is 1. The Labute approximate surface area is 104 Å². The highest BCUT2D eigenvalue weighted by molar-refractivity contribution is 9.10. The maximum absolute atomic E-state index is 13.5. The largest absolute Gasteiger partial charge is 0.393 e. The molecule has 1 fully saturated rings. The highest BCUT2D eigenvalue weighted by atomic mass is 79.9. The normalized spacial score (nSPS) is 25.7. The molecule has 2 atom stereocenters. The van der Waals surface area contributed by atoms with E-state index in [0.717, 1.165) is 30.2 Å². The van der Waals surface area contributed by atoms with Gasteiger partial charge >= 0.3 is 0 Å². The molecular formula is C13H16BrFO. The second-order valence-corrected chi connectivity index (χ2v) is 5.47. The van der Waals surface area contributed by atoms with Crippen molar-refractivity contribution >= 4 is 15.9 Å². The lowest BCUT2D eigenvalue weighted by Gasteiger charge is -2.27. The van der Waals surface area contributed by atoms with Gasteiger partial charge in [-0.25, -0.2) is 4.39 Å². The smallest absolute Gasteiger partial charge is 0.126 e. The first kappa shape index (κ1) is 12.1. The minimum Gasteiger partial charge on any atom is -0.393 e. The maximum Gasteiger partial charge on any atom is 0.126 e. The molecule has 0 aromatic heterocycles. The van der Waals surface area contributed by atoms with E-state index in [1.165, 1.54) is 6.07 Å². The molecule has 1 aromatic carbocycles. The molecule has 1 saturated carbocycles. The van der Waals surface area contributed by atoms with Crippen molar-refractivity contribution in [3.63, 3.8) is 0 Å². The Balaban J connectivity index is 2.10. The molecule has 1 aliphatic rings. The minimum atomic E-state index is -0.257. The van der Waals surface area contributed by atoms with Gasteiger partial charge in [-0.1, -0.05) is 28.8 Å². The highest BCUT2D eigenvalue weighted by Crippen LogP contribution is 2.29. The molecule has 0 aliphatic heterocycles. The topological polar surface area (TPSA) is 20.2 Å². The lowest BCUT2D eigenvalue weighted by molar-refractivity contribution is 0.0696. The third-order valence-electron chi connectivity index (χ3n) is 3.36. The van der Waals surface area contributed by atoms with Gasteiger partial charge in [-0.3, -0.25) is 0 Å². The molecule has 1 aliphatic carbocycles. The Hall–Kier alpha value is -0.410. The van der Waals surface area contributed by atoms with Crippen molar-refractivity contribution in [2.45, 2.75) is 38.2 Å². The second kappa shape index (κ2) is 5.28. The van der Waals surface area contributed by atoms with E-state index in [0.29, 0.717) is 12.0 Å². The molecule has 1 aromatic rings. The molecule has 16 heavy (non-hydrogen) atoms. The van der Waals surface area contributed by atoms with Gasteiger partial charge in [0.15, 0.2) is 0 Å². The third kappa shape index (κ3) is 2.83. The van der Waals surface area contributed by atoms with Crippen LogP contribution in [0.15, 0.2) is 22.7 Å². The summed E-state index contributed by atoms with van der Waals surface area (Å²) in [6.45, 7) is 0. The van der Waals surface area contributed by atoms with Crippen LogP contribution in [0.2, 0.25) is 0 Å². The van der Waals surface area contributed by atoms with E-state index in [1.54, 1.807) is 6.07 Å². The average Bonchev–Trinajstić information content (AvgIpc) is 2.27. The predicted octanol–water partition coefficient (Wildman–Crippen LogP) is 3.68. The summed E-state index contributed by atoms with van der Waals surface area (Å²) in [5, 5.41) is 9.86. The zero-order valence-corrected chi connectivity index (χ0v) is 10.7. The summed E-state index contributed by atoms with van der Waals surface area (Å²) in [4.78, 5) is 0. The fourth-order valence-corrected chi connectivity index (χ4v) is 2.82. The van der Waals surface area contributed by atoms with E-state index in [2.05, 4.69) is 15.9 Å². The predicted molar refractivity (Wildman–Crippen MR) is 65.8 cm³/mol. The van der Waals surface area contributed by atoms with Gasteiger partial charge in [-0.15, -0.1) is 0 Å². The number of hydrogen-bond donors (Lipinski definition) is 1. The monoisotopic (exact) mass is 286 g/mol. The SMILES string of the molecule is OC1CCCCC1Cc1cc(Br)ccc1F. The van der Waals surface area contributed by atoms with Crippen LogP contribution in [0.5, 0.6) is 0 Å². The first-order valence-electron chi connectivity index (χ1n) is 5.79. The van der Waals surface area contributed by atoms with E-state index in [1.807, 2.05) is 6.07 Å². The molecule has 0 radical (unpaired) electrons. The Morgan fingerprint density at radius 1 is 1.31 bits per heavy atom. The Kier molecular flexibility index (Phi) is 3.98. The van der Waals surface area contributed by atoms with Crippen molar-refractivity contribution in [3.05, 3.63) is 34.1 Å². The van der Waals surface area contributed by atoms with Gasteiger partial charge in [0.25, 0.3) is 0 Å². The van der Waals surface area contributed by atoms with Crippen LogP contribution < -0.4 is 0 Å². The van der Waals surface area contributed by atoms with E-state index < -0.39 is 0 Å². The van der Waals surface area contributed by atoms with Crippen molar-refractivity contribution < 1.29 is 9.50 Å². The van der Waals surface area contributed by atoms with Crippen molar-refractivity contribution in [2.24, 2.45) is 5.92 Å². The van der Waals surface area contributed by atoms with E-state index >= 15 is 0 Å². The first-order valence-corrected chi connectivity index (χ1v) is 6.58. The summed E-state index contributed by atoms with van der Waals surface area (Å²) >= 11 is 3.35. The van der Waals surface area contributed by atoms with Crippen molar-refractivity contribution in [1.29, 1.82) is 0 Å². The molecule has 0 amide bonds. The molecule has 0 spiro atoms. The fourth-order valence-electron chi connectivity index (χ4n) is 2.41. The molecular weight excluding hydrogens is 271 g/mol. The Morgan fingerprint density at radius 3 is 2.81 bits per heavy atom. The van der Waals surface area contributed by atoms with Crippen LogP contribution in [0.25, 0.3) is 0 Å². The lowest BCUT2D eigenvalue weighted by Crippen LogP contribution is -2.26. The summed E-state index contributed by atoms with van der Waals surface area (Å²) in [6.07, 6.45) is 4.50. The third-order valence-corrected chi connectivity index (χ3v) is 3.85. The van der Waals surface area contributed by atoms with Gasteiger partial charge in [0.1, 0.15) is 5.82 Å². The maximum atomic E-state index is 13.5.